The van der Waals surface area contributed by atoms with Gasteiger partial charge >= 0.3 is 0 Å². The summed E-state index contributed by atoms with van der Waals surface area (Å²) in [5, 5.41) is 6.92. The minimum absolute atomic E-state index is 0.120. The van der Waals surface area contributed by atoms with Crippen molar-refractivity contribution in [2.45, 2.75) is 19.9 Å². The van der Waals surface area contributed by atoms with Gasteiger partial charge in [-0.25, -0.2) is 9.97 Å². The molecule has 146 valence electrons. The van der Waals surface area contributed by atoms with Gasteiger partial charge in [0.2, 0.25) is 5.95 Å². The van der Waals surface area contributed by atoms with Crippen LogP contribution in [-0.2, 0) is 0 Å². The van der Waals surface area contributed by atoms with E-state index in [4.69, 9.17) is 4.98 Å². The summed E-state index contributed by atoms with van der Waals surface area (Å²) in [6, 6.07) is 11.4. The number of aromatic nitrogens is 4. The number of fused-ring (bicyclic) bond motifs is 1. The molecule has 29 heavy (non-hydrogen) atoms. The summed E-state index contributed by atoms with van der Waals surface area (Å²) in [5.41, 5.74) is 4.36. The van der Waals surface area contributed by atoms with Crippen LogP contribution in [0.5, 0.6) is 0 Å². The van der Waals surface area contributed by atoms with Gasteiger partial charge < -0.3 is 15.2 Å². The molecule has 7 heteroatoms. The first-order valence-electron chi connectivity index (χ1n) is 9.44. The Labute approximate surface area is 168 Å². The Bertz CT molecular complexity index is 1160. The van der Waals surface area contributed by atoms with Crippen LogP contribution in [0.1, 0.15) is 30.2 Å². The molecular weight excluding hydrogens is 364 g/mol. The molecule has 0 aliphatic carbocycles. The number of hydrogen-bond donors (Lipinski definition) is 2. The van der Waals surface area contributed by atoms with Gasteiger partial charge in [-0.05, 0) is 50.2 Å². The number of nitrogens with zero attached hydrogens (tertiary/aromatic N) is 4. The van der Waals surface area contributed by atoms with E-state index in [1.165, 1.54) is 0 Å². The van der Waals surface area contributed by atoms with Crippen LogP contribution in [0.25, 0.3) is 22.2 Å². The van der Waals surface area contributed by atoms with Gasteiger partial charge in [0.1, 0.15) is 0 Å². The molecule has 3 heterocycles. The fourth-order valence-corrected chi connectivity index (χ4v) is 3.28. The van der Waals surface area contributed by atoms with E-state index in [9.17, 15) is 4.79 Å². The first-order chi connectivity index (χ1) is 14.1. The summed E-state index contributed by atoms with van der Waals surface area (Å²) in [6.07, 6.45) is 7.53. The van der Waals surface area contributed by atoms with Crippen LogP contribution in [0.4, 0.5) is 11.6 Å². The molecule has 0 unspecified atom stereocenters. The highest BCUT2D eigenvalue weighted by Crippen LogP contribution is 2.31. The van der Waals surface area contributed by atoms with Crippen LogP contribution in [0.15, 0.2) is 61.2 Å². The Morgan fingerprint density at radius 1 is 1.07 bits per heavy atom. The van der Waals surface area contributed by atoms with Crippen LogP contribution in [-0.4, -0.2) is 32.5 Å². The van der Waals surface area contributed by atoms with Gasteiger partial charge in [-0.2, -0.15) is 0 Å². The summed E-state index contributed by atoms with van der Waals surface area (Å²) in [7, 11) is 1.61. The number of rotatable bonds is 5. The summed E-state index contributed by atoms with van der Waals surface area (Å²) < 4.78 is 2.20. The standard InChI is InChI=1S/C22H22N6O/c1-14(2)28-13-18(17-8-10-24-12-20(17)28)19-9-11-25-22(27-19)26-16-6-4-15(5-7-16)21(29)23-3/h4-14H,1-3H3,(H,23,29)(H,25,26,27). The number of amides is 1. The molecule has 0 fully saturated rings. The van der Waals surface area contributed by atoms with Gasteiger partial charge in [0.25, 0.3) is 5.91 Å². The number of carbonyl (C=O) groups is 1. The maximum absolute atomic E-state index is 11.7. The third kappa shape index (κ3) is 3.67. The number of carbonyl (C=O) groups excluding carboxylic acids is 1. The van der Waals surface area contributed by atoms with E-state index < -0.39 is 0 Å². The minimum atomic E-state index is -0.120. The smallest absolute Gasteiger partial charge is 0.251 e. The van der Waals surface area contributed by atoms with Crippen molar-refractivity contribution in [2.24, 2.45) is 0 Å². The summed E-state index contributed by atoms with van der Waals surface area (Å²) in [6.45, 7) is 4.29. The Kier molecular flexibility index (Phi) is 4.95. The molecular formula is C22H22N6O. The van der Waals surface area contributed by atoms with Crippen molar-refractivity contribution >= 4 is 28.4 Å². The van der Waals surface area contributed by atoms with E-state index in [0.717, 1.165) is 27.8 Å². The van der Waals surface area contributed by atoms with E-state index in [-0.39, 0.29) is 5.91 Å². The predicted octanol–water partition coefficient (Wildman–Crippen LogP) is 4.18. The second-order valence-corrected chi connectivity index (χ2v) is 6.98. The SMILES string of the molecule is CNC(=O)c1ccc(Nc2nccc(-c3cn(C(C)C)c4cnccc34)n2)cc1. The molecule has 1 aromatic carbocycles. The molecule has 0 atom stereocenters. The lowest BCUT2D eigenvalue weighted by molar-refractivity contribution is 0.0963. The van der Waals surface area contributed by atoms with Crippen molar-refractivity contribution in [3.8, 4) is 11.3 Å². The minimum Gasteiger partial charge on any atom is -0.355 e. The molecule has 0 bridgehead atoms. The maximum Gasteiger partial charge on any atom is 0.251 e. The van der Waals surface area contributed by atoms with Crippen molar-refractivity contribution < 1.29 is 4.79 Å². The second-order valence-electron chi connectivity index (χ2n) is 6.98. The molecule has 0 aliphatic heterocycles. The molecule has 0 aliphatic rings. The molecule has 0 radical (unpaired) electrons. The zero-order valence-corrected chi connectivity index (χ0v) is 16.5. The monoisotopic (exact) mass is 386 g/mol. The lowest BCUT2D eigenvalue weighted by atomic mass is 10.1. The van der Waals surface area contributed by atoms with Gasteiger partial charge in [-0.3, -0.25) is 9.78 Å². The van der Waals surface area contributed by atoms with E-state index in [1.807, 2.05) is 30.5 Å². The van der Waals surface area contributed by atoms with E-state index in [0.29, 0.717) is 17.6 Å². The topological polar surface area (TPSA) is 84.7 Å². The maximum atomic E-state index is 11.7. The summed E-state index contributed by atoms with van der Waals surface area (Å²) in [4.78, 5) is 25.0. The second kappa shape index (κ2) is 7.71. The predicted molar refractivity (Wildman–Crippen MR) is 114 cm³/mol. The average molecular weight is 386 g/mol. The summed E-state index contributed by atoms with van der Waals surface area (Å²) >= 11 is 0. The molecule has 0 spiro atoms. The van der Waals surface area contributed by atoms with Crippen molar-refractivity contribution in [1.29, 1.82) is 0 Å². The number of pyridine rings is 1. The molecule has 7 nitrogen and oxygen atoms in total. The molecule has 4 rings (SSSR count). The Morgan fingerprint density at radius 2 is 1.86 bits per heavy atom. The van der Waals surface area contributed by atoms with Crippen LogP contribution in [0.2, 0.25) is 0 Å². The van der Waals surface area contributed by atoms with Crippen LogP contribution < -0.4 is 10.6 Å². The lowest BCUT2D eigenvalue weighted by Gasteiger charge is -2.08. The third-order valence-corrected chi connectivity index (χ3v) is 4.75. The Hall–Kier alpha value is -3.74. The number of hydrogen-bond acceptors (Lipinski definition) is 5. The fraction of sp³-hybridized carbons (Fsp3) is 0.182. The van der Waals surface area contributed by atoms with Crippen LogP contribution in [0, 0.1) is 0 Å². The summed E-state index contributed by atoms with van der Waals surface area (Å²) in [5.74, 6) is 0.375. The highest BCUT2D eigenvalue weighted by molar-refractivity contribution is 5.95. The molecule has 0 saturated carbocycles. The Balaban J connectivity index is 1.66. The zero-order valence-electron chi connectivity index (χ0n) is 16.5. The van der Waals surface area contributed by atoms with Crippen LogP contribution in [0.3, 0.4) is 0 Å². The first-order valence-corrected chi connectivity index (χ1v) is 9.44. The molecule has 2 N–H and O–H groups in total. The molecule has 1 amide bonds. The van der Waals surface area contributed by atoms with Crippen molar-refractivity contribution in [3.05, 3.63) is 66.7 Å². The largest absolute Gasteiger partial charge is 0.355 e. The quantitative estimate of drug-likeness (QED) is 0.538. The van der Waals surface area contributed by atoms with Crippen molar-refractivity contribution in [1.82, 2.24) is 24.8 Å². The number of benzene rings is 1. The number of nitrogens with one attached hydrogen (secondary N) is 2. The van der Waals surface area contributed by atoms with E-state index in [1.54, 1.807) is 31.6 Å². The lowest BCUT2D eigenvalue weighted by Crippen LogP contribution is -2.17. The fourth-order valence-electron chi connectivity index (χ4n) is 3.28. The van der Waals surface area contributed by atoms with E-state index in [2.05, 4.69) is 45.2 Å². The highest BCUT2D eigenvalue weighted by atomic mass is 16.1. The average Bonchev–Trinajstić information content (AvgIpc) is 3.14. The number of anilines is 2. The van der Waals surface area contributed by atoms with Gasteiger partial charge in [-0.1, -0.05) is 0 Å². The highest BCUT2D eigenvalue weighted by Gasteiger charge is 2.14. The normalized spacial score (nSPS) is 11.0. The molecule has 4 aromatic rings. The van der Waals surface area contributed by atoms with Gasteiger partial charge in [0.15, 0.2) is 0 Å². The molecule has 3 aromatic heterocycles. The van der Waals surface area contributed by atoms with Crippen molar-refractivity contribution in [2.75, 3.05) is 12.4 Å². The van der Waals surface area contributed by atoms with Gasteiger partial charge in [0, 0.05) is 53.9 Å². The van der Waals surface area contributed by atoms with Crippen LogP contribution >= 0.6 is 0 Å². The first kappa shape index (κ1) is 18.6. The van der Waals surface area contributed by atoms with Gasteiger partial charge in [-0.15, -0.1) is 0 Å². The van der Waals surface area contributed by atoms with Crippen molar-refractivity contribution in [3.63, 3.8) is 0 Å². The zero-order chi connectivity index (χ0) is 20.4. The third-order valence-electron chi connectivity index (χ3n) is 4.75. The van der Waals surface area contributed by atoms with Gasteiger partial charge in [0.05, 0.1) is 17.4 Å². The molecule has 0 saturated heterocycles. The Morgan fingerprint density at radius 3 is 2.59 bits per heavy atom. The van der Waals surface area contributed by atoms with E-state index >= 15 is 0 Å².